The molecule has 0 atom stereocenters. The number of nitrogens with one attached hydrogen (secondary N) is 2. The number of benzene rings is 1. The van der Waals surface area contributed by atoms with Crippen molar-refractivity contribution in [3.05, 3.63) is 24.0 Å². The Morgan fingerprint density at radius 1 is 1.30 bits per heavy atom. The number of piperidine rings is 1. The van der Waals surface area contributed by atoms with Crippen molar-refractivity contribution in [3.8, 4) is 5.75 Å². The van der Waals surface area contributed by atoms with Crippen LogP contribution in [0, 0.1) is 0 Å². The van der Waals surface area contributed by atoms with Gasteiger partial charge in [-0.25, -0.2) is 13.4 Å². The Balaban J connectivity index is 1.43. The summed E-state index contributed by atoms with van der Waals surface area (Å²) in [4.78, 5) is 17.0. The molecule has 9 nitrogen and oxygen atoms in total. The summed E-state index contributed by atoms with van der Waals surface area (Å²) in [6.45, 7) is 1.04. The van der Waals surface area contributed by atoms with Gasteiger partial charge in [0.05, 0.1) is 23.4 Å². The fourth-order valence-corrected chi connectivity index (χ4v) is 5.53. The van der Waals surface area contributed by atoms with Crippen molar-refractivity contribution in [1.82, 2.24) is 19.5 Å². The van der Waals surface area contributed by atoms with Crippen LogP contribution in [0.2, 0.25) is 0 Å². The minimum Gasteiger partial charge on any atom is -0.495 e. The van der Waals surface area contributed by atoms with Gasteiger partial charge in [0.25, 0.3) is 0 Å². The first-order valence-electron chi connectivity index (χ1n) is 10.0. The highest BCUT2D eigenvalue weighted by molar-refractivity contribution is 7.99. The van der Waals surface area contributed by atoms with E-state index in [4.69, 9.17) is 4.74 Å². The molecule has 1 aromatic carbocycles. The number of ether oxygens (including phenoxy) is 1. The number of methoxy groups -OCH3 is 1. The van der Waals surface area contributed by atoms with Gasteiger partial charge in [-0.1, -0.05) is 18.2 Å². The van der Waals surface area contributed by atoms with E-state index in [0.29, 0.717) is 35.6 Å². The van der Waals surface area contributed by atoms with Crippen LogP contribution in [0.3, 0.4) is 0 Å². The number of nitrogens with zero attached hydrogens (tertiary/aromatic N) is 3. The van der Waals surface area contributed by atoms with Crippen LogP contribution in [-0.4, -0.2) is 59.8 Å². The molecule has 2 aromatic rings. The van der Waals surface area contributed by atoms with Crippen molar-refractivity contribution in [2.45, 2.75) is 48.1 Å². The molecule has 0 spiro atoms. The number of aromatic nitrogens is 3. The largest absolute Gasteiger partial charge is 0.495 e. The topological polar surface area (TPSA) is 117 Å². The molecular weight excluding hydrogens is 426 g/mol. The minimum absolute atomic E-state index is 0.105. The second-order valence-electron chi connectivity index (χ2n) is 7.44. The van der Waals surface area contributed by atoms with Crippen LogP contribution in [0.15, 0.2) is 28.3 Å². The number of hydrogen-bond donors (Lipinski definition) is 2. The fourth-order valence-electron chi connectivity index (χ4n) is 3.38. The lowest BCUT2D eigenvalue weighted by Crippen LogP contribution is -2.35. The highest BCUT2D eigenvalue weighted by Gasteiger charge is 2.28. The van der Waals surface area contributed by atoms with Crippen molar-refractivity contribution < 1.29 is 17.9 Å². The van der Waals surface area contributed by atoms with Crippen LogP contribution in [0.5, 0.6) is 5.75 Å². The maximum atomic E-state index is 12.9. The van der Waals surface area contributed by atoms with E-state index in [1.165, 1.54) is 35.3 Å². The zero-order valence-electron chi connectivity index (χ0n) is 16.8. The Morgan fingerprint density at radius 2 is 2.07 bits per heavy atom. The third-order valence-electron chi connectivity index (χ3n) is 5.18. The number of anilines is 1. The zero-order chi connectivity index (χ0) is 21.1. The SMILES string of the molecule is COc1ccc(S(=O)(=O)N2CCCCC2)cc1NC(=O)CSc1n[nH]c(C2CC2)n1. The molecule has 30 heavy (non-hydrogen) atoms. The summed E-state index contributed by atoms with van der Waals surface area (Å²) in [6, 6.07) is 4.54. The van der Waals surface area contributed by atoms with Crippen LogP contribution >= 0.6 is 11.8 Å². The predicted octanol–water partition coefficient (Wildman–Crippen LogP) is 2.60. The van der Waals surface area contributed by atoms with Crippen molar-refractivity contribution in [1.29, 1.82) is 0 Å². The molecule has 2 aliphatic rings. The third kappa shape index (κ3) is 4.79. The molecule has 1 aromatic heterocycles. The van der Waals surface area contributed by atoms with Gasteiger partial charge >= 0.3 is 0 Å². The number of rotatable bonds is 8. The first-order valence-corrected chi connectivity index (χ1v) is 12.4. The molecule has 0 radical (unpaired) electrons. The van der Waals surface area contributed by atoms with E-state index in [0.717, 1.165) is 37.9 Å². The van der Waals surface area contributed by atoms with E-state index in [-0.39, 0.29) is 16.6 Å². The average Bonchev–Trinajstić information content (AvgIpc) is 3.50. The molecule has 2 heterocycles. The van der Waals surface area contributed by atoms with Crippen molar-refractivity contribution in [2.75, 3.05) is 31.3 Å². The standard InChI is InChI=1S/C19H25N5O4S2/c1-28-16-8-7-14(30(26,27)24-9-3-2-4-10-24)11-15(16)20-17(25)12-29-19-21-18(22-23-19)13-5-6-13/h7-8,11,13H,2-6,9-10,12H2,1H3,(H,20,25)(H,21,22,23). The number of carbonyl (C=O) groups excluding carboxylic acids is 1. The molecule has 1 saturated carbocycles. The van der Waals surface area contributed by atoms with Gasteiger partial charge < -0.3 is 10.1 Å². The van der Waals surface area contributed by atoms with E-state index in [1.54, 1.807) is 6.07 Å². The van der Waals surface area contributed by atoms with Gasteiger partial charge in [0.1, 0.15) is 11.6 Å². The van der Waals surface area contributed by atoms with Crippen LogP contribution in [-0.2, 0) is 14.8 Å². The molecule has 2 N–H and O–H groups in total. The van der Waals surface area contributed by atoms with Gasteiger partial charge in [0, 0.05) is 19.0 Å². The van der Waals surface area contributed by atoms with E-state index in [1.807, 2.05) is 0 Å². The summed E-state index contributed by atoms with van der Waals surface area (Å²) >= 11 is 1.23. The lowest BCUT2D eigenvalue weighted by molar-refractivity contribution is -0.113. The smallest absolute Gasteiger partial charge is 0.243 e. The third-order valence-corrected chi connectivity index (χ3v) is 7.92. The average molecular weight is 452 g/mol. The number of hydrogen-bond acceptors (Lipinski definition) is 7. The molecule has 11 heteroatoms. The first-order chi connectivity index (χ1) is 14.5. The van der Waals surface area contributed by atoms with Gasteiger partial charge in [-0.05, 0) is 43.9 Å². The van der Waals surface area contributed by atoms with Crippen LogP contribution in [0.1, 0.15) is 43.8 Å². The van der Waals surface area contributed by atoms with Gasteiger partial charge in [-0.3, -0.25) is 9.89 Å². The van der Waals surface area contributed by atoms with Gasteiger partial charge in [-0.15, -0.1) is 5.10 Å². The van der Waals surface area contributed by atoms with Crippen molar-refractivity contribution in [2.24, 2.45) is 0 Å². The molecule has 1 amide bonds. The van der Waals surface area contributed by atoms with Crippen LogP contribution in [0.25, 0.3) is 0 Å². The Bertz CT molecular complexity index is 1010. The summed E-state index contributed by atoms with van der Waals surface area (Å²) < 4.78 is 32.7. The van der Waals surface area contributed by atoms with E-state index in [9.17, 15) is 13.2 Å². The second-order valence-corrected chi connectivity index (χ2v) is 10.3. The highest BCUT2D eigenvalue weighted by atomic mass is 32.2. The number of carbonyl (C=O) groups is 1. The quantitative estimate of drug-likeness (QED) is 0.592. The van der Waals surface area contributed by atoms with E-state index >= 15 is 0 Å². The van der Waals surface area contributed by atoms with Crippen molar-refractivity contribution >= 4 is 33.4 Å². The first kappa shape index (κ1) is 21.1. The van der Waals surface area contributed by atoms with Crippen molar-refractivity contribution in [3.63, 3.8) is 0 Å². The van der Waals surface area contributed by atoms with Gasteiger partial charge in [0.2, 0.25) is 21.1 Å². The molecule has 1 saturated heterocycles. The summed E-state index contributed by atoms with van der Waals surface area (Å²) in [5.74, 6) is 1.56. The zero-order valence-corrected chi connectivity index (χ0v) is 18.4. The molecule has 4 rings (SSSR count). The number of H-pyrrole nitrogens is 1. The van der Waals surface area contributed by atoms with Crippen LogP contribution < -0.4 is 10.1 Å². The lowest BCUT2D eigenvalue weighted by Gasteiger charge is -2.26. The Hall–Kier alpha value is -2.11. The predicted molar refractivity (Wildman–Crippen MR) is 113 cm³/mol. The Kier molecular flexibility index (Phi) is 6.30. The summed E-state index contributed by atoms with van der Waals surface area (Å²) in [5.41, 5.74) is 0.329. The molecule has 162 valence electrons. The molecule has 2 fully saturated rings. The molecule has 0 bridgehead atoms. The fraction of sp³-hybridized carbons (Fsp3) is 0.526. The molecule has 1 aliphatic heterocycles. The lowest BCUT2D eigenvalue weighted by atomic mass is 10.2. The maximum absolute atomic E-state index is 12.9. The van der Waals surface area contributed by atoms with E-state index < -0.39 is 10.0 Å². The summed E-state index contributed by atoms with van der Waals surface area (Å²) in [5, 5.41) is 10.3. The maximum Gasteiger partial charge on any atom is 0.243 e. The number of aromatic amines is 1. The second kappa shape index (κ2) is 8.94. The normalized spacial score (nSPS) is 17.6. The van der Waals surface area contributed by atoms with E-state index in [2.05, 4.69) is 20.5 Å². The Labute approximate surface area is 180 Å². The highest BCUT2D eigenvalue weighted by Crippen LogP contribution is 2.38. The molecular formula is C19H25N5O4S2. The minimum atomic E-state index is -3.60. The number of amides is 1. The number of thioether (sulfide) groups is 1. The van der Waals surface area contributed by atoms with Crippen LogP contribution in [0.4, 0.5) is 5.69 Å². The summed E-state index contributed by atoms with van der Waals surface area (Å²) in [6.07, 6.45) is 5.01. The monoisotopic (exact) mass is 451 g/mol. The molecule has 1 aliphatic carbocycles. The van der Waals surface area contributed by atoms with Gasteiger partial charge in [-0.2, -0.15) is 4.31 Å². The number of sulfonamides is 1. The Morgan fingerprint density at radius 3 is 2.77 bits per heavy atom. The summed E-state index contributed by atoms with van der Waals surface area (Å²) in [7, 11) is -2.13. The van der Waals surface area contributed by atoms with Gasteiger partial charge in [0.15, 0.2) is 0 Å². The molecule has 0 unspecified atom stereocenters.